The first-order chi connectivity index (χ1) is 11.1. The van der Waals surface area contributed by atoms with Crippen LogP contribution >= 0.6 is 12.4 Å². The molecule has 1 heterocycles. The maximum absolute atomic E-state index is 12.4. The quantitative estimate of drug-likeness (QED) is 0.796. The van der Waals surface area contributed by atoms with Crippen LogP contribution in [0.5, 0.6) is 0 Å². The van der Waals surface area contributed by atoms with Gasteiger partial charge in [0, 0.05) is 13.1 Å². The van der Waals surface area contributed by atoms with E-state index in [-0.39, 0.29) is 30.3 Å². The van der Waals surface area contributed by atoms with Crippen LogP contribution in [0.25, 0.3) is 10.8 Å². The van der Waals surface area contributed by atoms with Gasteiger partial charge in [0.15, 0.2) is 0 Å². The summed E-state index contributed by atoms with van der Waals surface area (Å²) in [6.07, 6.45) is 1.21. The maximum atomic E-state index is 12.4. The van der Waals surface area contributed by atoms with Gasteiger partial charge in [0.1, 0.15) is 0 Å². The van der Waals surface area contributed by atoms with Crippen LogP contribution in [0.4, 0.5) is 0 Å². The molecular formula is C19H25ClN2O2. The molecule has 2 aromatic carbocycles. The lowest BCUT2D eigenvalue weighted by Crippen LogP contribution is -2.49. The van der Waals surface area contributed by atoms with Crippen molar-refractivity contribution in [3.05, 3.63) is 48.0 Å². The molecule has 1 aliphatic heterocycles. The number of hydrogen-bond acceptors (Lipinski definition) is 3. The summed E-state index contributed by atoms with van der Waals surface area (Å²) in [5.41, 5.74) is 0.456. The molecule has 2 unspecified atom stereocenters. The van der Waals surface area contributed by atoms with Crippen molar-refractivity contribution in [2.45, 2.75) is 25.9 Å². The molecule has 3 rings (SSSR count). The average Bonchev–Trinajstić information content (AvgIpc) is 2.59. The Morgan fingerprint density at radius 3 is 2.75 bits per heavy atom. The monoisotopic (exact) mass is 348 g/mol. The van der Waals surface area contributed by atoms with E-state index >= 15 is 0 Å². The zero-order chi connectivity index (χ0) is 16.3. The molecule has 5 heteroatoms. The normalized spacial score (nSPS) is 21.8. The van der Waals surface area contributed by atoms with Crippen molar-refractivity contribution in [3.63, 3.8) is 0 Å². The first-order valence-corrected chi connectivity index (χ1v) is 8.24. The number of nitrogens with one attached hydrogen (secondary N) is 2. The minimum absolute atomic E-state index is 0. The van der Waals surface area contributed by atoms with Crippen molar-refractivity contribution in [1.82, 2.24) is 10.6 Å². The Bertz CT molecular complexity index is 699. The molecule has 0 spiro atoms. The number of hydrogen-bond donors (Lipinski definition) is 3. The summed E-state index contributed by atoms with van der Waals surface area (Å²) >= 11 is 0. The van der Waals surface area contributed by atoms with E-state index in [1.54, 1.807) is 0 Å². The second-order valence-corrected chi connectivity index (χ2v) is 6.67. The second-order valence-electron chi connectivity index (χ2n) is 6.67. The molecule has 1 fully saturated rings. The maximum Gasteiger partial charge on any atom is 0.227 e. The van der Waals surface area contributed by atoms with Crippen molar-refractivity contribution in [2.24, 2.45) is 5.41 Å². The number of piperidine rings is 1. The van der Waals surface area contributed by atoms with Gasteiger partial charge in [-0.25, -0.2) is 0 Å². The summed E-state index contributed by atoms with van der Waals surface area (Å²) in [4.78, 5) is 12.4. The fraction of sp³-hybridized carbons (Fsp3) is 0.421. The van der Waals surface area contributed by atoms with E-state index in [0.717, 1.165) is 35.7 Å². The summed E-state index contributed by atoms with van der Waals surface area (Å²) in [5.74, 6) is 0.0181. The van der Waals surface area contributed by atoms with Crippen LogP contribution in [0.1, 0.15) is 31.4 Å². The van der Waals surface area contributed by atoms with E-state index in [1.165, 1.54) is 0 Å². The van der Waals surface area contributed by atoms with E-state index in [0.29, 0.717) is 6.54 Å². The van der Waals surface area contributed by atoms with Crippen LogP contribution in [0.2, 0.25) is 0 Å². The molecule has 3 N–H and O–H groups in total. The molecule has 2 aromatic rings. The summed E-state index contributed by atoms with van der Waals surface area (Å²) in [5, 5.41) is 18.8. The van der Waals surface area contributed by atoms with Gasteiger partial charge in [0.2, 0.25) is 5.91 Å². The Balaban J connectivity index is 0.00000208. The minimum Gasteiger partial charge on any atom is -0.387 e. The molecule has 2 atom stereocenters. The highest BCUT2D eigenvalue weighted by molar-refractivity contribution is 5.85. The standard InChI is InChI=1S/C19H24N2O2.ClH/c1-19(9-4-10-20-13-19)18(23)21-12-17(22)16-8-7-14-5-2-3-6-15(14)11-16;/h2-3,5-8,11,17,20,22H,4,9-10,12-13H2,1H3,(H,21,23);1H. The first-order valence-electron chi connectivity index (χ1n) is 8.24. The van der Waals surface area contributed by atoms with Gasteiger partial charge in [-0.15, -0.1) is 12.4 Å². The van der Waals surface area contributed by atoms with Crippen molar-refractivity contribution < 1.29 is 9.90 Å². The van der Waals surface area contributed by atoms with Crippen LogP contribution < -0.4 is 10.6 Å². The fourth-order valence-corrected chi connectivity index (χ4v) is 3.19. The number of benzene rings is 2. The van der Waals surface area contributed by atoms with E-state index in [2.05, 4.69) is 10.6 Å². The van der Waals surface area contributed by atoms with Crippen molar-refractivity contribution in [1.29, 1.82) is 0 Å². The Morgan fingerprint density at radius 1 is 1.29 bits per heavy atom. The second kappa shape index (κ2) is 7.97. The zero-order valence-corrected chi connectivity index (χ0v) is 14.7. The third-order valence-electron chi connectivity index (χ3n) is 4.76. The molecule has 0 radical (unpaired) electrons. The van der Waals surface area contributed by atoms with Gasteiger partial charge in [0.25, 0.3) is 0 Å². The molecule has 130 valence electrons. The number of carbonyl (C=O) groups is 1. The topological polar surface area (TPSA) is 61.4 Å². The van der Waals surface area contributed by atoms with Gasteiger partial charge in [0.05, 0.1) is 11.5 Å². The van der Waals surface area contributed by atoms with Crippen molar-refractivity contribution in [3.8, 4) is 0 Å². The Morgan fingerprint density at radius 2 is 2.04 bits per heavy atom. The van der Waals surface area contributed by atoms with Gasteiger partial charge >= 0.3 is 0 Å². The average molecular weight is 349 g/mol. The van der Waals surface area contributed by atoms with Crippen LogP contribution in [0, 0.1) is 5.41 Å². The number of amides is 1. The van der Waals surface area contributed by atoms with E-state index in [9.17, 15) is 9.90 Å². The predicted octanol–water partition coefficient (Wildman–Crippen LogP) is 2.80. The highest BCUT2D eigenvalue weighted by Crippen LogP contribution is 2.26. The van der Waals surface area contributed by atoms with E-state index in [4.69, 9.17) is 0 Å². The summed E-state index contributed by atoms with van der Waals surface area (Å²) < 4.78 is 0. The van der Waals surface area contributed by atoms with Crippen LogP contribution in [0.15, 0.2) is 42.5 Å². The summed E-state index contributed by atoms with van der Waals surface area (Å²) in [6, 6.07) is 14.0. The third kappa shape index (κ3) is 4.07. The van der Waals surface area contributed by atoms with Gasteiger partial charge < -0.3 is 15.7 Å². The number of aliphatic hydroxyl groups excluding tert-OH is 1. The molecule has 0 aliphatic carbocycles. The van der Waals surface area contributed by atoms with Gasteiger partial charge in [-0.1, -0.05) is 36.4 Å². The molecule has 1 saturated heterocycles. The highest BCUT2D eigenvalue weighted by atomic mass is 35.5. The van der Waals surface area contributed by atoms with Gasteiger partial charge in [-0.2, -0.15) is 0 Å². The number of carbonyl (C=O) groups excluding carboxylic acids is 1. The summed E-state index contributed by atoms with van der Waals surface area (Å²) in [6.45, 7) is 3.90. The Kier molecular flexibility index (Phi) is 6.21. The largest absolute Gasteiger partial charge is 0.387 e. The number of rotatable bonds is 4. The lowest BCUT2D eigenvalue weighted by molar-refractivity contribution is -0.131. The lowest BCUT2D eigenvalue weighted by atomic mass is 9.82. The van der Waals surface area contributed by atoms with Gasteiger partial charge in [-0.05, 0) is 48.7 Å². The zero-order valence-electron chi connectivity index (χ0n) is 13.9. The van der Waals surface area contributed by atoms with Crippen molar-refractivity contribution in [2.75, 3.05) is 19.6 Å². The molecule has 0 bridgehead atoms. The molecule has 0 aromatic heterocycles. The minimum atomic E-state index is -0.691. The van der Waals surface area contributed by atoms with E-state index in [1.807, 2.05) is 49.4 Å². The molecular weight excluding hydrogens is 324 g/mol. The van der Waals surface area contributed by atoms with Crippen LogP contribution in [-0.2, 0) is 4.79 Å². The first kappa shape index (κ1) is 18.7. The van der Waals surface area contributed by atoms with Gasteiger partial charge in [-0.3, -0.25) is 4.79 Å². The lowest BCUT2D eigenvalue weighted by Gasteiger charge is -2.33. The molecule has 0 saturated carbocycles. The van der Waals surface area contributed by atoms with Crippen molar-refractivity contribution >= 4 is 29.1 Å². The molecule has 4 nitrogen and oxygen atoms in total. The summed E-state index contributed by atoms with van der Waals surface area (Å²) in [7, 11) is 0. The Labute approximate surface area is 149 Å². The smallest absolute Gasteiger partial charge is 0.227 e. The van der Waals surface area contributed by atoms with Crippen LogP contribution in [-0.4, -0.2) is 30.6 Å². The predicted molar refractivity (Wildman–Crippen MR) is 99.4 cm³/mol. The van der Waals surface area contributed by atoms with Crippen LogP contribution in [0.3, 0.4) is 0 Å². The third-order valence-corrected chi connectivity index (χ3v) is 4.76. The highest BCUT2D eigenvalue weighted by Gasteiger charge is 2.34. The Hall–Kier alpha value is -1.62. The fourth-order valence-electron chi connectivity index (χ4n) is 3.19. The number of aliphatic hydroxyl groups is 1. The molecule has 24 heavy (non-hydrogen) atoms. The number of halogens is 1. The SMILES string of the molecule is CC1(C(=O)NCC(O)c2ccc3ccccc3c2)CCCNC1.Cl. The van der Waals surface area contributed by atoms with E-state index < -0.39 is 6.10 Å². The number of fused-ring (bicyclic) bond motifs is 1. The molecule has 1 amide bonds. The molecule has 1 aliphatic rings.